The molecule has 128 valence electrons. The molecule has 0 unspecified atom stereocenters. The number of rotatable bonds is 6. The number of nitrogens with zero attached hydrogens (tertiary/aromatic N) is 2. The third-order valence-corrected chi connectivity index (χ3v) is 4.29. The molecule has 0 radical (unpaired) electrons. The molecular weight excluding hydrogens is 322 g/mol. The summed E-state index contributed by atoms with van der Waals surface area (Å²) in [5.74, 6) is 2.30. The standard InChI is InChI=1S/C18H17N3O4/c1-23-12-6-4-11(5-7-12)13-9-14(13)17(22)19-10-16-20-18(25-21-16)15-3-2-8-24-15/h2-8,13-14H,9-10H2,1H3,(H,19,22)/t13-,14+/m1/s1. The van der Waals surface area contributed by atoms with Crippen LogP contribution in [0.4, 0.5) is 0 Å². The highest BCUT2D eigenvalue weighted by atomic mass is 16.5. The minimum atomic E-state index is -0.00941. The van der Waals surface area contributed by atoms with Crippen molar-refractivity contribution in [1.29, 1.82) is 0 Å². The van der Waals surface area contributed by atoms with E-state index in [4.69, 9.17) is 13.7 Å². The van der Waals surface area contributed by atoms with Gasteiger partial charge in [0.25, 0.3) is 5.89 Å². The first-order valence-electron chi connectivity index (χ1n) is 8.02. The third-order valence-electron chi connectivity index (χ3n) is 4.29. The number of ether oxygens (including phenoxy) is 1. The van der Waals surface area contributed by atoms with Gasteiger partial charge in [-0.05, 0) is 42.2 Å². The number of hydrogen-bond donors (Lipinski definition) is 1. The summed E-state index contributed by atoms with van der Waals surface area (Å²) in [4.78, 5) is 16.5. The van der Waals surface area contributed by atoms with E-state index in [9.17, 15) is 4.79 Å². The summed E-state index contributed by atoms with van der Waals surface area (Å²) < 4.78 is 15.5. The Morgan fingerprint density at radius 1 is 1.32 bits per heavy atom. The van der Waals surface area contributed by atoms with E-state index in [1.807, 2.05) is 24.3 Å². The Labute approximate surface area is 144 Å². The van der Waals surface area contributed by atoms with Gasteiger partial charge in [-0.2, -0.15) is 4.98 Å². The van der Waals surface area contributed by atoms with Crippen LogP contribution in [0, 0.1) is 5.92 Å². The maximum Gasteiger partial charge on any atom is 0.293 e. The van der Waals surface area contributed by atoms with Crippen LogP contribution in [-0.2, 0) is 11.3 Å². The summed E-state index contributed by atoms with van der Waals surface area (Å²) in [7, 11) is 1.64. The molecule has 2 atom stereocenters. The molecule has 1 aliphatic carbocycles. The fourth-order valence-corrected chi connectivity index (χ4v) is 2.83. The van der Waals surface area contributed by atoms with Crippen LogP contribution in [0.2, 0.25) is 0 Å². The smallest absolute Gasteiger partial charge is 0.293 e. The third kappa shape index (κ3) is 3.26. The number of hydrogen-bond acceptors (Lipinski definition) is 6. The lowest BCUT2D eigenvalue weighted by Crippen LogP contribution is -2.25. The average molecular weight is 339 g/mol. The molecule has 0 aliphatic heterocycles. The lowest BCUT2D eigenvalue weighted by Gasteiger charge is -2.04. The highest BCUT2D eigenvalue weighted by Crippen LogP contribution is 2.47. The van der Waals surface area contributed by atoms with Crippen LogP contribution in [0.3, 0.4) is 0 Å². The molecule has 7 heteroatoms. The molecule has 1 saturated carbocycles. The van der Waals surface area contributed by atoms with Crippen molar-refractivity contribution in [1.82, 2.24) is 15.5 Å². The minimum absolute atomic E-state index is 0.00478. The molecule has 3 aromatic rings. The van der Waals surface area contributed by atoms with Crippen molar-refractivity contribution < 1.29 is 18.5 Å². The second-order valence-corrected chi connectivity index (χ2v) is 5.93. The molecule has 4 rings (SSSR count). The Hall–Kier alpha value is -3.09. The van der Waals surface area contributed by atoms with Crippen molar-refractivity contribution in [3.63, 3.8) is 0 Å². The van der Waals surface area contributed by atoms with Gasteiger partial charge >= 0.3 is 0 Å². The van der Waals surface area contributed by atoms with Crippen LogP contribution in [0.25, 0.3) is 11.7 Å². The van der Waals surface area contributed by atoms with Crippen molar-refractivity contribution in [2.75, 3.05) is 7.11 Å². The highest BCUT2D eigenvalue weighted by molar-refractivity contribution is 5.82. The van der Waals surface area contributed by atoms with E-state index in [-0.39, 0.29) is 24.3 Å². The predicted molar refractivity (Wildman–Crippen MR) is 87.7 cm³/mol. The summed E-state index contributed by atoms with van der Waals surface area (Å²) in [5.41, 5.74) is 1.15. The Bertz CT molecular complexity index is 855. The molecule has 1 N–H and O–H groups in total. The van der Waals surface area contributed by atoms with Gasteiger partial charge in [0.2, 0.25) is 5.91 Å². The molecule has 1 aromatic carbocycles. The predicted octanol–water partition coefficient (Wildman–Crippen LogP) is 2.76. The van der Waals surface area contributed by atoms with Gasteiger partial charge < -0.3 is 19.0 Å². The molecule has 1 aliphatic rings. The number of methoxy groups -OCH3 is 1. The second kappa shape index (κ2) is 6.43. The summed E-state index contributed by atoms with van der Waals surface area (Å²) >= 11 is 0. The SMILES string of the molecule is COc1ccc([C@H]2C[C@@H]2C(=O)NCc2noc(-c3ccco3)n2)cc1. The van der Waals surface area contributed by atoms with Crippen molar-refractivity contribution >= 4 is 5.91 Å². The lowest BCUT2D eigenvalue weighted by atomic mass is 10.1. The van der Waals surface area contributed by atoms with Crippen LogP contribution in [0.15, 0.2) is 51.6 Å². The van der Waals surface area contributed by atoms with Crippen LogP contribution in [-0.4, -0.2) is 23.2 Å². The van der Waals surface area contributed by atoms with Gasteiger partial charge in [0.15, 0.2) is 11.6 Å². The van der Waals surface area contributed by atoms with Gasteiger partial charge in [0.05, 0.1) is 19.9 Å². The first-order valence-corrected chi connectivity index (χ1v) is 8.02. The zero-order valence-electron chi connectivity index (χ0n) is 13.6. The van der Waals surface area contributed by atoms with Crippen molar-refractivity contribution in [2.24, 2.45) is 5.92 Å². The number of carbonyl (C=O) groups excluding carboxylic acids is 1. The number of carbonyl (C=O) groups is 1. The Kier molecular flexibility index (Phi) is 3.97. The van der Waals surface area contributed by atoms with Crippen LogP contribution >= 0.6 is 0 Å². The molecule has 1 fully saturated rings. The summed E-state index contributed by atoms with van der Waals surface area (Å²) in [6, 6.07) is 11.3. The van der Waals surface area contributed by atoms with Gasteiger partial charge in [-0.1, -0.05) is 17.3 Å². The largest absolute Gasteiger partial charge is 0.497 e. The lowest BCUT2D eigenvalue weighted by molar-refractivity contribution is -0.122. The monoisotopic (exact) mass is 339 g/mol. The van der Waals surface area contributed by atoms with E-state index in [1.54, 1.807) is 19.2 Å². The second-order valence-electron chi connectivity index (χ2n) is 5.93. The van der Waals surface area contributed by atoms with Gasteiger partial charge in [-0.15, -0.1) is 0 Å². The van der Waals surface area contributed by atoms with Crippen LogP contribution < -0.4 is 10.1 Å². The van der Waals surface area contributed by atoms with Crippen molar-refractivity contribution in [3.05, 3.63) is 54.0 Å². The number of amides is 1. The molecule has 0 bridgehead atoms. The molecule has 0 saturated heterocycles. The summed E-state index contributed by atoms with van der Waals surface area (Å²) in [6.07, 6.45) is 2.38. The van der Waals surface area contributed by atoms with E-state index in [0.29, 0.717) is 17.5 Å². The number of furan rings is 1. The minimum Gasteiger partial charge on any atom is -0.497 e. The maximum absolute atomic E-state index is 12.3. The zero-order valence-corrected chi connectivity index (χ0v) is 13.6. The van der Waals surface area contributed by atoms with Gasteiger partial charge in [0, 0.05) is 5.92 Å². The van der Waals surface area contributed by atoms with Gasteiger partial charge in [0.1, 0.15) is 5.75 Å². The van der Waals surface area contributed by atoms with Crippen LogP contribution in [0.1, 0.15) is 23.7 Å². The first-order chi connectivity index (χ1) is 12.2. The van der Waals surface area contributed by atoms with Crippen LogP contribution in [0.5, 0.6) is 5.75 Å². The van der Waals surface area contributed by atoms with E-state index < -0.39 is 0 Å². The molecule has 0 spiro atoms. The Balaban J connectivity index is 1.31. The topological polar surface area (TPSA) is 90.4 Å². The van der Waals surface area contributed by atoms with E-state index in [2.05, 4.69) is 15.5 Å². The first kappa shape index (κ1) is 15.4. The Morgan fingerprint density at radius 3 is 2.88 bits per heavy atom. The Morgan fingerprint density at radius 2 is 2.16 bits per heavy atom. The molecule has 1 amide bonds. The van der Waals surface area contributed by atoms with Crippen molar-refractivity contribution in [3.8, 4) is 17.4 Å². The van der Waals surface area contributed by atoms with Gasteiger partial charge in [-0.25, -0.2) is 0 Å². The number of aromatic nitrogens is 2. The summed E-state index contributed by atoms with van der Waals surface area (Å²) in [5, 5.41) is 6.71. The normalized spacial score (nSPS) is 18.8. The highest BCUT2D eigenvalue weighted by Gasteiger charge is 2.43. The average Bonchev–Trinajstić information content (AvgIpc) is 3.05. The molecule has 2 aromatic heterocycles. The molecule has 25 heavy (non-hydrogen) atoms. The van der Waals surface area contributed by atoms with E-state index in [1.165, 1.54) is 6.26 Å². The molecule has 2 heterocycles. The van der Waals surface area contributed by atoms with E-state index >= 15 is 0 Å². The van der Waals surface area contributed by atoms with E-state index in [0.717, 1.165) is 17.7 Å². The van der Waals surface area contributed by atoms with Crippen molar-refractivity contribution in [2.45, 2.75) is 18.9 Å². The number of nitrogens with one attached hydrogen (secondary N) is 1. The number of benzene rings is 1. The quantitative estimate of drug-likeness (QED) is 0.742. The molecular formula is C18H17N3O4. The maximum atomic E-state index is 12.3. The molecule has 7 nitrogen and oxygen atoms in total. The fourth-order valence-electron chi connectivity index (χ4n) is 2.83. The fraction of sp³-hybridized carbons (Fsp3) is 0.278. The summed E-state index contributed by atoms with van der Waals surface area (Å²) in [6.45, 7) is 0.231. The zero-order chi connectivity index (χ0) is 17.2. The van der Waals surface area contributed by atoms with Gasteiger partial charge in [-0.3, -0.25) is 4.79 Å².